The second kappa shape index (κ2) is 4.51. The number of sulfonamides is 1. The van der Waals surface area contributed by atoms with Gasteiger partial charge in [0.15, 0.2) is 0 Å². The lowest BCUT2D eigenvalue weighted by Gasteiger charge is -2.17. The van der Waals surface area contributed by atoms with Gasteiger partial charge in [-0.1, -0.05) is 6.92 Å². The van der Waals surface area contributed by atoms with E-state index in [9.17, 15) is 12.8 Å². The zero-order valence-electron chi connectivity index (χ0n) is 10.5. The average Bonchev–Trinajstić information content (AvgIpc) is 2.72. The van der Waals surface area contributed by atoms with Gasteiger partial charge in [0.25, 0.3) is 0 Å². The van der Waals surface area contributed by atoms with Crippen molar-refractivity contribution in [2.75, 3.05) is 18.8 Å². The Morgan fingerprint density at radius 1 is 1.44 bits per heavy atom. The zero-order valence-corrected chi connectivity index (χ0v) is 11.3. The van der Waals surface area contributed by atoms with Crippen LogP contribution in [-0.2, 0) is 10.0 Å². The molecule has 1 atom stereocenters. The number of nitrogens with zero attached hydrogens (tertiary/aromatic N) is 1. The quantitative estimate of drug-likeness (QED) is 0.834. The summed E-state index contributed by atoms with van der Waals surface area (Å²) >= 11 is 0. The van der Waals surface area contributed by atoms with Crippen LogP contribution in [0.4, 0.5) is 10.1 Å². The van der Waals surface area contributed by atoms with Crippen LogP contribution in [0.15, 0.2) is 17.0 Å². The molecule has 0 saturated carbocycles. The molecule has 1 saturated heterocycles. The second-order valence-electron chi connectivity index (χ2n) is 4.88. The Morgan fingerprint density at radius 3 is 2.61 bits per heavy atom. The lowest BCUT2D eigenvalue weighted by Crippen LogP contribution is -2.28. The Kier molecular flexibility index (Phi) is 3.33. The SMILES string of the molecule is Cc1c(N)cc(S(=O)(=O)N2CCC(C)C2)cc1F. The molecule has 1 aromatic rings. The number of benzene rings is 1. The molecule has 4 nitrogen and oxygen atoms in total. The van der Waals surface area contributed by atoms with Crippen LogP contribution in [0, 0.1) is 18.7 Å². The highest BCUT2D eigenvalue weighted by atomic mass is 32.2. The van der Waals surface area contributed by atoms with Crippen molar-refractivity contribution in [3.05, 3.63) is 23.5 Å². The first kappa shape index (κ1) is 13.3. The molecule has 2 N–H and O–H groups in total. The van der Waals surface area contributed by atoms with Gasteiger partial charge in [-0.3, -0.25) is 0 Å². The second-order valence-corrected chi connectivity index (χ2v) is 6.81. The normalized spacial score (nSPS) is 21.4. The summed E-state index contributed by atoms with van der Waals surface area (Å²) in [6.07, 6.45) is 0.836. The van der Waals surface area contributed by atoms with Crippen molar-refractivity contribution in [2.45, 2.75) is 25.2 Å². The molecule has 100 valence electrons. The third kappa shape index (κ3) is 2.22. The molecule has 1 aromatic carbocycles. The fourth-order valence-corrected chi connectivity index (χ4v) is 3.71. The Labute approximate surface area is 107 Å². The Balaban J connectivity index is 2.42. The largest absolute Gasteiger partial charge is 0.398 e. The maximum atomic E-state index is 13.6. The number of nitrogens with two attached hydrogens (primary N) is 1. The van der Waals surface area contributed by atoms with Gasteiger partial charge >= 0.3 is 0 Å². The molecular weight excluding hydrogens is 255 g/mol. The molecule has 1 unspecified atom stereocenters. The van der Waals surface area contributed by atoms with Crippen LogP contribution in [-0.4, -0.2) is 25.8 Å². The van der Waals surface area contributed by atoms with E-state index in [0.717, 1.165) is 12.5 Å². The van der Waals surface area contributed by atoms with E-state index >= 15 is 0 Å². The summed E-state index contributed by atoms with van der Waals surface area (Å²) in [6, 6.07) is 2.38. The topological polar surface area (TPSA) is 63.4 Å². The smallest absolute Gasteiger partial charge is 0.243 e. The van der Waals surface area contributed by atoms with E-state index in [4.69, 9.17) is 5.73 Å². The van der Waals surface area contributed by atoms with Gasteiger partial charge in [-0.25, -0.2) is 12.8 Å². The monoisotopic (exact) mass is 272 g/mol. The number of hydrogen-bond donors (Lipinski definition) is 1. The molecule has 0 bridgehead atoms. The fourth-order valence-electron chi connectivity index (χ4n) is 2.09. The molecule has 2 rings (SSSR count). The first-order valence-corrected chi connectivity index (χ1v) is 7.32. The van der Waals surface area contributed by atoms with E-state index < -0.39 is 15.8 Å². The molecule has 0 aromatic heterocycles. The van der Waals surface area contributed by atoms with Crippen molar-refractivity contribution in [1.29, 1.82) is 0 Å². The fraction of sp³-hybridized carbons (Fsp3) is 0.500. The number of halogens is 1. The first-order valence-electron chi connectivity index (χ1n) is 5.88. The molecule has 0 spiro atoms. The van der Waals surface area contributed by atoms with Crippen molar-refractivity contribution in [1.82, 2.24) is 4.31 Å². The van der Waals surface area contributed by atoms with Crippen LogP contribution in [0.2, 0.25) is 0 Å². The van der Waals surface area contributed by atoms with Gasteiger partial charge in [-0.05, 0) is 31.4 Å². The van der Waals surface area contributed by atoms with Crippen molar-refractivity contribution < 1.29 is 12.8 Å². The predicted molar refractivity (Wildman–Crippen MR) is 68.1 cm³/mol. The molecule has 1 aliphatic heterocycles. The van der Waals surface area contributed by atoms with E-state index in [1.807, 2.05) is 6.92 Å². The van der Waals surface area contributed by atoms with Gasteiger partial charge in [0.05, 0.1) is 4.90 Å². The van der Waals surface area contributed by atoms with Crippen LogP contribution >= 0.6 is 0 Å². The molecule has 1 aliphatic rings. The highest BCUT2D eigenvalue weighted by Gasteiger charge is 2.31. The molecule has 0 radical (unpaired) electrons. The summed E-state index contributed by atoms with van der Waals surface area (Å²) in [7, 11) is -3.62. The number of hydrogen-bond acceptors (Lipinski definition) is 3. The van der Waals surface area contributed by atoms with Gasteiger partial charge in [-0.15, -0.1) is 0 Å². The molecule has 0 aliphatic carbocycles. The number of nitrogen functional groups attached to an aromatic ring is 1. The van der Waals surface area contributed by atoms with Crippen LogP contribution in [0.1, 0.15) is 18.9 Å². The third-order valence-corrected chi connectivity index (χ3v) is 5.23. The lowest BCUT2D eigenvalue weighted by molar-refractivity contribution is 0.463. The van der Waals surface area contributed by atoms with Gasteiger partial charge in [0.2, 0.25) is 10.0 Å². The van der Waals surface area contributed by atoms with Crippen LogP contribution in [0.3, 0.4) is 0 Å². The molecule has 1 heterocycles. The van der Waals surface area contributed by atoms with E-state index in [-0.39, 0.29) is 16.1 Å². The predicted octanol–water partition coefficient (Wildman–Crippen LogP) is 1.75. The van der Waals surface area contributed by atoms with Gasteiger partial charge < -0.3 is 5.73 Å². The van der Waals surface area contributed by atoms with Gasteiger partial charge in [0.1, 0.15) is 5.82 Å². The third-order valence-electron chi connectivity index (χ3n) is 3.38. The Morgan fingerprint density at radius 2 is 2.11 bits per heavy atom. The van der Waals surface area contributed by atoms with Crippen molar-refractivity contribution >= 4 is 15.7 Å². The van der Waals surface area contributed by atoms with Crippen molar-refractivity contribution in [3.8, 4) is 0 Å². The first-order chi connectivity index (χ1) is 8.32. The highest BCUT2D eigenvalue weighted by molar-refractivity contribution is 7.89. The lowest BCUT2D eigenvalue weighted by atomic mass is 10.2. The molecule has 0 amide bonds. The minimum atomic E-state index is -3.62. The Bertz CT molecular complexity index is 548. The highest BCUT2D eigenvalue weighted by Crippen LogP contribution is 2.27. The average molecular weight is 272 g/mol. The van der Waals surface area contributed by atoms with Crippen molar-refractivity contribution in [3.63, 3.8) is 0 Å². The summed E-state index contributed by atoms with van der Waals surface area (Å²) in [5.74, 6) is -0.242. The Hall–Kier alpha value is -1.14. The minimum absolute atomic E-state index is 0.0581. The van der Waals surface area contributed by atoms with E-state index in [1.54, 1.807) is 0 Å². The van der Waals surface area contributed by atoms with Gasteiger partial charge in [0, 0.05) is 24.3 Å². The van der Waals surface area contributed by atoms with Crippen LogP contribution in [0.25, 0.3) is 0 Å². The van der Waals surface area contributed by atoms with E-state index in [2.05, 4.69) is 0 Å². The zero-order chi connectivity index (χ0) is 13.5. The summed E-state index contributed by atoms with van der Waals surface area (Å²) in [5, 5.41) is 0. The summed E-state index contributed by atoms with van der Waals surface area (Å²) in [5.41, 5.74) is 6.07. The molecular formula is C12H17FN2O2S. The molecule has 18 heavy (non-hydrogen) atoms. The molecule has 1 fully saturated rings. The maximum Gasteiger partial charge on any atom is 0.243 e. The minimum Gasteiger partial charge on any atom is -0.398 e. The van der Waals surface area contributed by atoms with Crippen LogP contribution in [0.5, 0.6) is 0 Å². The van der Waals surface area contributed by atoms with Crippen molar-refractivity contribution in [2.24, 2.45) is 5.92 Å². The molecule has 6 heteroatoms. The van der Waals surface area contributed by atoms with Gasteiger partial charge in [-0.2, -0.15) is 4.31 Å². The summed E-state index contributed by atoms with van der Waals surface area (Å²) in [6.45, 7) is 4.50. The van der Waals surface area contributed by atoms with Crippen LogP contribution < -0.4 is 5.73 Å². The standard InChI is InChI=1S/C12H17FN2O2S/c1-8-3-4-15(7-8)18(16,17)10-5-11(13)9(2)12(14)6-10/h5-6,8H,3-4,7,14H2,1-2H3. The number of anilines is 1. The summed E-state index contributed by atoms with van der Waals surface area (Å²) < 4.78 is 39.6. The summed E-state index contributed by atoms with van der Waals surface area (Å²) in [4.78, 5) is -0.0581. The maximum absolute atomic E-state index is 13.6. The van der Waals surface area contributed by atoms with E-state index in [0.29, 0.717) is 19.0 Å². The number of rotatable bonds is 2. The van der Waals surface area contributed by atoms with E-state index in [1.165, 1.54) is 17.3 Å².